The van der Waals surface area contributed by atoms with E-state index in [-0.39, 0.29) is 46.6 Å². The van der Waals surface area contributed by atoms with Gasteiger partial charge in [-0.05, 0) is 46.1 Å². The molecule has 0 aliphatic heterocycles. The van der Waals surface area contributed by atoms with E-state index in [0.29, 0.717) is 6.54 Å². The van der Waals surface area contributed by atoms with Crippen LogP contribution >= 0.6 is 12.4 Å². The molecule has 24 heavy (non-hydrogen) atoms. The first-order valence-corrected chi connectivity index (χ1v) is 9.20. The summed E-state index contributed by atoms with van der Waals surface area (Å²) in [6, 6.07) is -0.883. The predicted molar refractivity (Wildman–Crippen MR) is 91.3 cm³/mol. The number of rotatable bonds is 6. The minimum atomic E-state index is -3.87. The maximum Gasteiger partial charge on any atom is 0.246 e. The van der Waals surface area contributed by atoms with Crippen LogP contribution in [0.25, 0.3) is 0 Å². The van der Waals surface area contributed by atoms with Crippen molar-refractivity contribution in [2.24, 2.45) is 11.7 Å². The molecule has 1 saturated carbocycles. The van der Waals surface area contributed by atoms with E-state index in [9.17, 15) is 13.2 Å². The number of carbonyl (C=O) groups is 1. The summed E-state index contributed by atoms with van der Waals surface area (Å²) in [5.41, 5.74) is 5.96. The van der Waals surface area contributed by atoms with Crippen molar-refractivity contribution in [3.63, 3.8) is 0 Å². The van der Waals surface area contributed by atoms with E-state index in [1.54, 1.807) is 6.92 Å². The van der Waals surface area contributed by atoms with E-state index in [0.717, 1.165) is 19.3 Å². The molecular weight excluding hydrogens is 356 g/mol. The molecule has 0 spiro atoms. The topological polar surface area (TPSA) is 127 Å². The molecule has 1 heterocycles. The van der Waals surface area contributed by atoms with Crippen LogP contribution in [0.4, 0.5) is 0 Å². The highest BCUT2D eigenvalue weighted by Crippen LogP contribution is 2.24. The Morgan fingerprint density at radius 1 is 1.42 bits per heavy atom. The third-order valence-corrected chi connectivity index (χ3v) is 6.04. The largest absolute Gasteiger partial charge is 0.360 e. The fraction of sp³-hybridized carbons (Fsp3) is 0.714. The van der Waals surface area contributed by atoms with Crippen molar-refractivity contribution in [1.82, 2.24) is 15.2 Å². The Bertz CT molecular complexity index is 657. The molecule has 3 unspecified atom stereocenters. The smallest absolute Gasteiger partial charge is 0.246 e. The van der Waals surface area contributed by atoms with Gasteiger partial charge >= 0.3 is 0 Å². The number of aromatic nitrogens is 1. The van der Waals surface area contributed by atoms with Gasteiger partial charge in [-0.1, -0.05) is 11.6 Å². The Morgan fingerprint density at radius 3 is 2.62 bits per heavy atom. The maximum absolute atomic E-state index is 12.4. The first kappa shape index (κ1) is 20.9. The molecule has 1 aromatic heterocycles. The third-order valence-electron chi connectivity index (χ3n) is 4.25. The van der Waals surface area contributed by atoms with Crippen molar-refractivity contribution in [2.45, 2.75) is 57.0 Å². The average Bonchev–Trinajstić information content (AvgIpc) is 3.04. The highest BCUT2D eigenvalue weighted by Gasteiger charge is 2.31. The van der Waals surface area contributed by atoms with Crippen LogP contribution in [0, 0.1) is 19.8 Å². The van der Waals surface area contributed by atoms with Crippen LogP contribution in [0.5, 0.6) is 0 Å². The third kappa shape index (κ3) is 4.47. The van der Waals surface area contributed by atoms with Gasteiger partial charge in [-0.15, -0.1) is 12.4 Å². The lowest BCUT2D eigenvalue weighted by Gasteiger charge is -2.22. The number of carbonyl (C=O) groups excluding carboxylic acids is 1. The van der Waals surface area contributed by atoms with Crippen LogP contribution in [0.15, 0.2) is 9.42 Å². The summed E-state index contributed by atoms with van der Waals surface area (Å²) in [7, 11) is -3.87. The fourth-order valence-corrected chi connectivity index (χ4v) is 4.55. The molecule has 1 aliphatic carbocycles. The maximum atomic E-state index is 12.4. The number of nitrogens with one attached hydrogen (secondary N) is 2. The predicted octanol–water partition coefficient (Wildman–Crippen LogP) is 0.624. The van der Waals surface area contributed by atoms with E-state index in [1.807, 2.05) is 0 Å². The van der Waals surface area contributed by atoms with E-state index in [1.165, 1.54) is 13.8 Å². The molecule has 1 aliphatic rings. The molecule has 138 valence electrons. The summed E-state index contributed by atoms with van der Waals surface area (Å²) in [5.74, 6) is 0.0950. The second kappa shape index (κ2) is 8.28. The number of sulfonamides is 1. The molecule has 1 aromatic rings. The second-order valence-electron chi connectivity index (χ2n) is 6.04. The molecule has 1 amide bonds. The van der Waals surface area contributed by atoms with E-state index in [4.69, 9.17) is 10.3 Å². The van der Waals surface area contributed by atoms with Gasteiger partial charge in [-0.25, -0.2) is 8.42 Å². The summed E-state index contributed by atoms with van der Waals surface area (Å²) in [5, 5.41) is 6.52. The van der Waals surface area contributed by atoms with Crippen LogP contribution in [-0.2, 0) is 14.8 Å². The number of hydrogen-bond acceptors (Lipinski definition) is 6. The Kier molecular flexibility index (Phi) is 7.21. The number of nitrogens with zero attached hydrogens (tertiary/aromatic N) is 1. The number of aryl methyl sites for hydroxylation is 2. The van der Waals surface area contributed by atoms with Gasteiger partial charge in [-0.2, -0.15) is 4.72 Å². The Labute approximate surface area is 148 Å². The fourth-order valence-electron chi connectivity index (χ4n) is 3.02. The zero-order chi connectivity index (χ0) is 17.2. The zero-order valence-corrected chi connectivity index (χ0v) is 15.7. The normalized spacial score (nSPS) is 22.0. The molecule has 3 atom stereocenters. The van der Waals surface area contributed by atoms with Crippen LogP contribution in [0.3, 0.4) is 0 Å². The summed E-state index contributed by atoms with van der Waals surface area (Å²) >= 11 is 0. The highest BCUT2D eigenvalue weighted by molar-refractivity contribution is 7.89. The van der Waals surface area contributed by atoms with E-state index < -0.39 is 16.1 Å². The Balaban J connectivity index is 0.00000288. The standard InChI is InChI=1S/C14H24N4O4S.ClH/c1-8-13(10(3)22-17-8)23(20,21)18-9(2)14(19)16-12-6-4-5-11(12)7-15;/h9,11-12,18H,4-7,15H2,1-3H3,(H,16,19);1H. The molecule has 0 aromatic carbocycles. The minimum Gasteiger partial charge on any atom is -0.360 e. The highest BCUT2D eigenvalue weighted by atomic mass is 35.5. The lowest BCUT2D eigenvalue weighted by atomic mass is 10.0. The average molecular weight is 381 g/mol. The number of amides is 1. The summed E-state index contributed by atoms with van der Waals surface area (Å²) in [4.78, 5) is 12.2. The van der Waals surface area contributed by atoms with Crippen molar-refractivity contribution in [3.05, 3.63) is 11.5 Å². The summed E-state index contributed by atoms with van der Waals surface area (Å²) in [6.45, 7) is 5.09. The molecule has 10 heteroatoms. The van der Waals surface area contributed by atoms with Crippen LogP contribution < -0.4 is 15.8 Å². The van der Waals surface area contributed by atoms with Crippen LogP contribution in [-0.4, -0.2) is 38.1 Å². The van der Waals surface area contributed by atoms with Gasteiger partial charge in [0.1, 0.15) is 10.6 Å². The van der Waals surface area contributed by atoms with Gasteiger partial charge in [0.15, 0.2) is 5.76 Å². The van der Waals surface area contributed by atoms with Gasteiger partial charge in [0.2, 0.25) is 15.9 Å². The van der Waals surface area contributed by atoms with E-state index in [2.05, 4.69) is 15.2 Å². The van der Waals surface area contributed by atoms with Crippen molar-refractivity contribution >= 4 is 28.3 Å². The first-order chi connectivity index (χ1) is 10.8. The molecular formula is C14H25ClN4O4S. The van der Waals surface area contributed by atoms with Crippen molar-refractivity contribution in [1.29, 1.82) is 0 Å². The number of nitrogens with two attached hydrogens (primary N) is 1. The van der Waals surface area contributed by atoms with Crippen LogP contribution in [0.2, 0.25) is 0 Å². The SMILES string of the molecule is Cc1noc(C)c1S(=O)(=O)NC(C)C(=O)NC1CCCC1CN.Cl. The quantitative estimate of drug-likeness (QED) is 0.663. The first-order valence-electron chi connectivity index (χ1n) is 7.72. The van der Waals surface area contributed by atoms with E-state index >= 15 is 0 Å². The second-order valence-corrected chi connectivity index (χ2v) is 7.69. The molecule has 0 bridgehead atoms. The monoisotopic (exact) mass is 380 g/mol. The summed E-state index contributed by atoms with van der Waals surface area (Å²) in [6.07, 6.45) is 2.88. The number of hydrogen-bond donors (Lipinski definition) is 3. The molecule has 0 radical (unpaired) electrons. The van der Waals surface area contributed by atoms with Gasteiger partial charge in [0.05, 0.1) is 6.04 Å². The van der Waals surface area contributed by atoms with Crippen molar-refractivity contribution in [2.75, 3.05) is 6.54 Å². The molecule has 8 nitrogen and oxygen atoms in total. The van der Waals surface area contributed by atoms with Gasteiger partial charge in [-0.3, -0.25) is 4.79 Å². The van der Waals surface area contributed by atoms with Gasteiger partial charge in [0.25, 0.3) is 0 Å². The minimum absolute atomic E-state index is 0. The zero-order valence-electron chi connectivity index (χ0n) is 14.0. The van der Waals surface area contributed by atoms with Crippen LogP contribution in [0.1, 0.15) is 37.6 Å². The molecule has 4 N–H and O–H groups in total. The lowest BCUT2D eigenvalue weighted by molar-refractivity contribution is -0.123. The molecule has 2 rings (SSSR count). The van der Waals surface area contributed by atoms with Crippen molar-refractivity contribution in [3.8, 4) is 0 Å². The Hall–Kier alpha value is -1.16. The van der Waals surface area contributed by atoms with Gasteiger partial charge in [0, 0.05) is 6.04 Å². The summed E-state index contributed by atoms with van der Waals surface area (Å²) < 4.78 is 32.0. The Morgan fingerprint density at radius 2 is 2.08 bits per heavy atom. The number of halogens is 1. The lowest BCUT2D eigenvalue weighted by Crippen LogP contribution is -2.49. The molecule has 0 saturated heterocycles. The molecule has 1 fully saturated rings. The van der Waals surface area contributed by atoms with Crippen molar-refractivity contribution < 1.29 is 17.7 Å². The van der Waals surface area contributed by atoms with Gasteiger partial charge < -0.3 is 15.6 Å².